The van der Waals surface area contributed by atoms with Gasteiger partial charge in [-0.15, -0.1) is 0 Å². The lowest BCUT2D eigenvalue weighted by atomic mass is 9.96. The lowest BCUT2D eigenvalue weighted by molar-refractivity contribution is -0.143. The maximum atomic E-state index is 13.0. The highest BCUT2D eigenvalue weighted by Gasteiger charge is 2.38. The van der Waals surface area contributed by atoms with Gasteiger partial charge >= 0.3 is 0 Å². The van der Waals surface area contributed by atoms with Gasteiger partial charge in [0, 0.05) is 12.7 Å². The van der Waals surface area contributed by atoms with Crippen molar-refractivity contribution in [2.45, 2.75) is 37.8 Å². The molecule has 6 nitrogen and oxygen atoms in total. The number of para-hydroxylation sites is 1. The third kappa shape index (κ3) is 2.58. The number of nitrogens with zero attached hydrogens (tertiary/aromatic N) is 2. The molecule has 1 amide bonds. The molecule has 1 N–H and O–H groups in total. The highest BCUT2D eigenvalue weighted by atomic mass is 16.5. The van der Waals surface area contributed by atoms with Gasteiger partial charge in [-0.25, -0.2) is 0 Å². The van der Waals surface area contributed by atoms with E-state index in [9.17, 15) is 9.59 Å². The standard InChI is InChI=1S/C18H19N3O3/c22-15-11-17(24-16-7-2-1-5-12(15)16)18(23)21-10-4-3-6-14(21)13-8-9-19-20-13/h1-2,5,7-9,14,17H,3-4,6,10-11H2,(H,19,20). The first-order valence-corrected chi connectivity index (χ1v) is 8.32. The van der Waals surface area contributed by atoms with Crippen molar-refractivity contribution in [3.8, 4) is 5.75 Å². The Balaban J connectivity index is 1.58. The van der Waals surface area contributed by atoms with Gasteiger partial charge in [0.1, 0.15) is 5.75 Å². The predicted octanol–water partition coefficient (Wildman–Crippen LogP) is 2.50. The number of likely N-dealkylation sites (tertiary alicyclic amines) is 1. The number of piperidine rings is 1. The van der Waals surface area contributed by atoms with Crippen LogP contribution in [-0.4, -0.2) is 39.4 Å². The van der Waals surface area contributed by atoms with E-state index in [4.69, 9.17) is 4.74 Å². The van der Waals surface area contributed by atoms with E-state index in [1.165, 1.54) is 0 Å². The second-order valence-corrected chi connectivity index (χ2v) is 6.29. The van der Waals surface area contributed by atoms with Crippen molar-refractivity contribution in [1.29, 1.82) is 0 Å². The minimum Gasteiger partial charge on any atom is -0.479 e. The summed E-state index contributed by atoms with van der Waals surface area (Å²) in [6, 6.07) is 8.99. The van der Waals surface area contributed by atoms with Crippen molar-refractivity contribution >= 4 is 11.7 Å². The number of Topliss-reactive ketones (excluding diaryl/α,β-unsaturated/α-hetero) is 1. The summed E-state index contributed by atoms with van der Waals surface area (Å²) in [6.07, 6.45) is 3.99. The molecule has 1 saturated heterocycles. The third-order valence-corrected chi connectivity index (χ3v) is 4.77. The number of rotatable bonds is 2. The average molecular weight is 325 g/mol. The van der Waals surface area contributed by atoms with Gasteiger partial charge in [-0.3, -0.25) is 14.7 Å². The minimum atomic E-state index is -0.740. The van der Waals surface area contributed by atoms with Gasteiger partial charge in [0.25, 0.3) is 5.91 Å². The molecule has 2 atom stereocenters. The molecule has 3 heterocycles. The van der Waals surface area contributed by atoms with Gasteiger partial charge in [-0.2, -0.15) is 5.10 Å². The van der Waals surface area contributed by atoms with Crippen LogP contribution in [0.25, 0.3) is 0 Å². The molecule has 1 fully saturated rings. The van der Waals surface area contributed by atoms with Crippen LogP contribution in [0.5, 0.6) is 5.75 Å². The Bertz CT molecular complexity index is 757. The first-order chi connectivity index (χ1) is 11.7. The summed E-state index contributed by atoms with van der Waals surface area (Å²) in [5, 5.41) is 6.96. The van der Waals surface area contributed by atoms with Crippen LogP contribution in [0.4, 0.5) is 0 Å². The van der Waals surface area contributed by atoms with E-state index in [2.05, 4.69) is 10.2 Å². The number of ether oxygens (including phenoxy) is 1. The molecule has 0 radical (unpaired) electrons. The zero-order valence-electron chi connectivity index (χ0n) is 13.3. The van der Waals surface area contributed by atoms with Crippen LogP contribution in [0.3, 0.4) is 0 Å². The van der Waals surface area contributed by atoms with E-state index < -0.39 is 6.10 Å². The Morgan fingerprint density at radius 2 is 2.12 bits per heavy atom. The number of benzene rings is 1. The fourth-order valence-electron chi connectivity index (χ4n) is 3.57. The maximum absolute atomic E-state index is 13.0. The van der Waals surface area contributed by atoms with E-state index in [0.29, 0.717) is 17.9 Å². The Kier molecular flexibility index (Phi) is 3.80. The topological polar surface area (TPSA) is 75.3 Å². The first-order valence-electron chi connectivity index (χ1n) is 8.32. The molecule has 1 aromatic heterocycles. The smallest absolute Gasteiger partial charge is 0.264 e. The number of hydrogen-bond acceptors (Lipinski definition) is 4. The molecular formula is C18H19N3O3. The average Bonchev–Trinajstić information content (AvgIpc) is 3.15. The molecule has 0 spiro atoms. The molecule has 2 aliphatic heterocycles. The van der Waals surface area contributed by atoms with E-state index in [-0.39, 0.29) is 24.2 Å². The quantitative estimate of drug-likeness (QED) is 0.920. The first kappa shape index (κ1) is 14.9. The number of carbonyl (C=O) groups is 2. The highest BCUT2D eigenvalue weighted by Crippen LogP contribution is 2.33. The summed E-state index contributed by atoms with van der Waals surface area (Å²) >= 11 is 0. The third-order valence-electron chi connectivity index (χ3n) is 4.77. The van der Waals surface area contributed by atoms with Gasteiger partial charge < -0.3 is 9.64 Å². The second-order valence-electron chi connectivity index (χ2n) is 6.29. The second kappa shape index (κ2) is 6.11. The largest absolute Gasteiger partial charge is 0.479 e. The summed E-state index contributed by atoms with van der Waals surface area (Å²) in [5.41, 5.74) is 1.50. The van der Waals surface area contributed by atoms with Crippen LogP contribution >= 0.6 is 0 Å². The van der Waals surface area contributed by atoms with Crippen LogP contribution in [0.15, 0.2) is 36.5 Å². The molecule has 0 saturated carbocycles. The van der Waals surface area contributed by atoms with E-state index in [1.807, 2.05) is 17.0 Å². The number of aromatic nitrogens is 2. The lowest BCUT2D eigenvalue weighted by Gasteiger charge is -2.38. The van der Waals surface area contributed by atoms with Crippen molar-refractivity contribution in [2.75, 3.05) is 6.54 Å². The molecule has 24 heavy (non-hydrogen) atoms. The van der Waals surface area contributed by atoms with Gasteiger partial charge in [0.2, 0.25) is 0 Å². The van der Waals surface area contributed by atoms with E-state index in [0.717, 1.165) is 25.0 Å². The number of nitrogens with one attached hydrogen (secondary N) is 1. The molecule has 4 rings (SSSR count). The number of aromatic amines is 1. The monoisotopic (exact) mass is 325 g/mol. The molecule has 2 aromatic rings. The number of ketones is 1. The van der Waals surface area contributed by atoms with Crippen molar-refractivity contribution < 1.29 is 14.3 Å². The predicted molar refractivity (Wildman–Crippen MR) is 86.7 cm³/mol. The molecule has 6 heteroatoms. The van der Waals surface area contributed by atoms with Crippen LogP contribution in [-0.2, 0) is 4.79 Å². The number of hydrogen-bond donors (Lipinski definition) is 1. The van der Waals surface area contributed by atoms with Crippen LogP contribution in [0.1, 0.15) is 47.8 Å². The molecule has 124 valence electrons. The summed E-state index contributed by atoms with van der Waals surface area (Å²) in [7, 11) is 0. The van der Waals surface area contributed by atoms with Crippen molar-refractivity contribution in [3.63, 3.8) is 0 Å². The lowest BCUT2D eigenvalue weighted by Crippen LogP contribution is -2.48. The molecule has 1 aromatic carbocycles. The van der Waals surface area contributed by atoms with E-state index in [1.54, 1.807) is 24.4 Å². The number of carbonyl (C=O) groups excluding carboxylic acids is 2. The molecular weight excluding hydrogens is 306 g/mol. The summed E-state index contributed by atoms with van der Waals surface area (Å²) in [4.78, 5) is 27.2. The van der Waals surface area contributed by atoms with Crippen LogP contribution in [0.2, 0.25) is 0 Å². The number of fused-ring (bicyclic) bond motifs is 1. The zero-order chi connectivity index (χ0) is 16.5. The summed E-state index contributed by atoms with van der Waals surface area (Å²) in [5.74, 6) is 0.352. The maximum Gasteiger partial charge on any atom is 0.264 e. The normalized spacial score (nSPS) is 23.5. The molecule has 2 aliphatic rings. The SMILES string of the molecule is O=C1CC(C(=O)N2CCCCC2c2ccn[nH]2)Oc2ccccc21. The Morgan fingerprint density at radius 1 is 1.25 bits per heavy atom. The number of amides is 1. The van der Waals surface area contributed by atoms with E-state index >= 15 is 0 Å². The summed E-state index contributed by atoms with van der Waals surface area (Å²) < 4.78 is 5.85. The Labute approximate surface area is 139 Å². The number of H-pyrrole nitrogens is 1. The zero-order valence-corrected chi connectivity index (χ0v) is 13.3. The van der Waals surface area contributed by atoms with Crippen molar-refractivity contribution in [3.05, 3.63) is 47.8 Å². The molecule has 0 bridgehead atoms. The minimum absolute atomic E-state index is 0.0235. The van der Waals surface area contributed by atoms with Gasteiger partial charge in [-0.05, 0) is 37.5 Å². The van der Waals surface area contributed by atoms with Crippen LogP contribution in [0, 0.1) is 0 Å². The fraction of sp³-hybridized carbons (Fsp3) is 0.389. The molecule has 2 unspecified atom stereocenters. The van der Waals surface area contributed by atoms with Gasteiger partial charge in [0.15, 0.2) is 11.9 Å². The Morgan fingerprint density at radius 3 is 2.96 bits per heavy atom. The van der Waals surface area contributed by atoms with Crippen molar-refractivity contribution in [1.82, 2.24) is 15.1 Å². The Hall–Kier alpha value is -2.63. The van der Waals surface area contributed by atoms with Gasteiger partial charge in [-0.1, -0.05) is 12.1 Å². The molecule has 0 aliphatic carbocycles. The van der Waals surface area contributed by atoms with Crippen molar-refractivity contribution in [2.24, 2.45) is 0 Å². The van der Waals surface area contributed by atoms with Crippen LogP contribution < -0.4 is 4.74 Å². The van der Waals surface area contributed by atoms with Gasteiger partial charge in [0.05, 0.1) is 23.7 Å². The fourth-order valence-corrected chi connectivity index (χ4v) is 3.57. The summed E-state index contributed by atoms with van der Waals surface area (Å²) in [6.45, 7) is 0.679. The highest BCUT2D eigenvalue weighted by molar-refractivity contribution is 6.03.